The van der Waals surface area contributed by atoms with Crippen LogP contribution >= 0.6 is 65.3 Å². The van der Waals surface area contributed by atoms with Crippen molar-refractivity contribution in [2.45, 2.75) is 80.9 Å². The predicted molar refractivity (Wildman–Crippen MR) is 183 cm³/mol. The zero-order valence-electron chi connectivity index (χ0n) is 24.6. The Morgan fingerprint density at radius 1 is 0.930 bits per heavy atom. The van der Waals surface area contributed by atoms with Crippen molar-refractivity contribution < 1.29 is 26.0 Å². The molecule has 1 aromatic rings. The summed E-state index contributed by atoms with van der Waals surface area (Å²) >= 11 is 7.96. The number of dihydropyridines is 2. The lowest BCUT2D eigenvalue weighted by Crippen LogP contribution is -2.43. The number of alkyl halides is 6. The summed E-state index contributed by atoms with van der Waals surface area (Å²) in [6.07, 6.45) is -2.34. The van der Waals surface area contributed by atoms with Gasteiger partial charge >= 0.3 is 0 Å². The lowest BCUT2D eigenvalue weighted by atomic mass is 10.1. The Labute approximate surface area is 283 Å². The number of nitrogens with one attached hydrogen (secondary N) is 1. The number of nitrogens with zero attached hydrogens (tertiary/aromatic N) is 2. The highest BCUT2D eigenvalue weighted by atomic mass is 79.9. The van der Waals surface area contributed by atoms with Crippen molar-refractivity contribution in [1.82, 2.24) is 4.72 Å². The number of halogens is 8. The van der Waals surface area contributed by atoms with Gasteiger partial charge < -0.3 is 5.73 Å². The van der Waals surface area contributed by atoms with E-state index in [9.17, 15) is 26.0 Å². The van der Waals surface area contributed by atoms with Crippen LogP contribution in [0.1, 0.15) is 47.1 Å². The third-order valence-corrected chi connectivity index (χ3v) is 8.47. The number of thioether (sulfide) groups is 1. The van der Waals surface area contributed by atoms with Gasteiger partial charge in [0.05, 0.1) is 22.7 Å². The first kappa shape index (κ1) is 42.5. The molecule has 2 aliphatic rings. The first-order valence-electron chi connectivity index (χ1n) is 12.7. The smallest absolute Gasteiger partial charge is 0.281 e. The molecular weight excluding hydrogens is 783 g/mol. The van der Waals surface area contributed by atoms with Gasteiger partial charge in [-0.2, -0.15) is 0 Å². The molecule has 0 radical (unpaired) electrons. The van der Waals surface area contributed by atoms with Gasteiger partial charge in [0, 0.05) is 43.4 Å². The van der Waals surface area contributed by atoms with Crippen LogP contribution in [0.25, 0.3) is 0 Å². The highest BCUT2D eigenvalue weighted by Gasteiger charge is 2.34. The van der Waals surface area contributed by atoms with E-state index in [0.717, 1.165) is 5.56 Å². The first-order chi connectivity index (χ1) is 19.7. The average molecular weight is 821 g/mol. The molecule has 2 aliphatic heterocycles. The number of aliphatic imine (C=N–C) groups is 2. The maximum absolute atomic E-state index is 12.8. The number of hydrogen-bond donors (Lipinski definition) is 2. The number of sulfonamides is 1. The molecule has 3 rings (SSSR count). The van der Waals surface area contributed by atoms with Gasteiger partial charge in [-0.15, -0.1) is 11.8 Å². The van der Waals surface area contributed by atoms with E-state index < -0.39 is 39.0 Å². The Kier molecular flexibility index (Phi) is 19.7. The minimum Gasteiger partial charge on any atom is -0.326 e. The fraction of sp³-hybridized carbons (Fsp3) is 0.556. The largest absolute Gasteiger partial charge is 0.326 e. The number of hydrogen-bond acceptors (Lipinski definition) is 6. The molecular formula is C27H38Br2Cl2F4N4O2S2. The second-order valence-electron chi connectivity index (χ2n) is 11.1. The molecule has 1 aromatic carbocycles. The SMILES string of the molecule is CC(C)(C)N.CC(C)(C)NS(=O)(=O)C1=CC(Br)CN=C1C(F)F.ClCl.FC(F)C1=NCC(Br)C=C1SCc1ccccc1. The molecule has 43 heavy (non-hydrogen) atoms. The van der Waals surface area contributed by atoms with Gasteiger partial charge in [0.25, 0.3) is 12.9 Å². The molecule has 16 heteroatoms. The molecule has 0 aromatic heterocycles. The first-order valence-corrected chi connectivity index (χ1v) is 18.1. The van der Waals surface area contributed by atoms with Crippen molar-refractivity contribution in [1.29, 1.82) is 0 Å². The molecule has 0 aliphatic carbocycles. The van der Waals surface area contributed by atoms with E-state index in [1.54, 1.807) is 20.8 Å². The molecule has 246 valence electrons. The van der Waals surface area contributed by atoms with Gasteiger partial charge in [-0.3, -0.25) is 9.98 Å². The summed E-state index contributed by atoms with van der Waals surface area (Å²) in [5, 5.41) is 0. The van der Waals surface area contributed by atoms with Gasteiger partial charge in [-0.05, 0) is 53.2 Å². The van der Waals surface area contributed by atoms with Crippen molar-refractivity contribution in [3.63, 3.8) is 0 Å². The lowest BCUT2D eigenvalue weighted by molar-refractivity contribution is 0.225. The number of benzene rings is 1. The summed E-state index contributed by atoms with van der Waals surface area (Å²) in [6.45, 7) is 11.3. The maximum atomic E-state index is 12.8. The number of allylic oxidation sites excluding steroid dienone is 2. The van der Waals surface area contributed by atoms with Crippen molar-refractivity contribution in [2.24, 2.45) is 15.7 Å². The van der Waals surface area contributed by atoms with E-state index in [0.29, 0.717) is 17.2 Å². The van der Waals surface area contributed by atoms with Crippen LogP contribution in [-0.4, -0.2) is 66.5 Å². The third-order valence-electron chi connectivity index (χ3n) is 4.42. The standard InChI is InChI=1S/C13H12BrF2NS.C10H15BrF2N2O2S.C4H11N.Cl2/c14-10-6-11(12(13(15)16)17-7-10)18-8-9-4-2-1-3-5-9;1-10(2,3)15-18(16,17)7-4-6(11)5-14-8(7)9(12)13;1-4(2,3)5;1-2/h1-6,10,13H,7-8H2;4,6,9,15H,5H2,1-3H3;5H2,1-3H3;. The Bertz CT molecular complexity index is 1220. The summed E-state index contributed by atoms with van der Waals surface area (Å²) < 4.78 is 77.6. The molecule has 0 saturated heterocycles. The highest BCUT2D eigenvalue weighted by Crippen LogP contribution is 2.29. The quantitative estimate of drug-likeness (QED) is 0.213. The van der Waals surface area contributed by atoms with Crippen molar-refractivity contribution in [3.8, 4) is 0 Å². The molecule has 0 saturated carbocycles. The Morgan fingerprint density at radius 2 is 1.37 bits per heavy atom. The Balaban J connectivity index is 0.000000676. The van der Waals surface area contributed by atoms with Crippen LogP contribution in [0.4, 0.5) is 17.6 Å². The normalized spacial score (nSPS) is 18.9. The molecule has 2 unspecified atom stereocenters. The number of rotatable bonds is 7. The average Bonchev–Trinajstić information content (AvgIpc) is 2.87. The maximum Gasteiger partial charge on any atom is 0.281 e. The van der Waals surface area contributed by atoms with E-state index in [4.69, 9.17) is 5.73 Å². The lowest BCUT2D eigenvalue weighted by Gasteiger charge is -2.24. The number of nitrogens with two attached hydrogens (primary N) is 1. The van der Waals surface area contributed by atoms with Gasteiger partial charge in [0.2, 0.25) is 10.0 Å². The summed E-state index contributed by atoms with van der Waals surface area (Å²) in [4.78, 5) is 7.39. The second-order valence-corrected chi connectivity index (χ2v) is 16.2. The summed E-state index contributed by atoms with van der Waals surface area (Å²) in [6, 6.07) is 9.80. The van der Waals surface area contributed by atoms with Crippen LogP contribution in [-0.2, 0) is 15.8 Å². The van der Waals surface area contributed by atoms with Crippen LogP contribution in [0.2, 0.25) is 0 Å². The second kappa shape index (κ2) is 19.9. The summed E-state index contributed by atoms with van der Waals surface area (Å²) in [5.74, 6) is 0.679. The Morgan fingerprint density at radius 3 is 1.81 bits per heavy atom. The van der Waals surface area contributed by atoms with Gasteiger partial charge in [-0.25, -0.2) is 30.7 Å². The fourth-order valence-electron chi connectivity index (χ4n) is 3.03. The molecule has 2 heterocycles. The van der Waals surface area contributed by atoms with E-state index >= 15 is 0 Å². The highest BCUT2D eigenvalue weighted by molar-refractivity contribution is 9.09. The zero-order chi connectivity index (χ0) is 33.6. The third kappa shape index (κ3) is 18.9. The van der Waals surface area contributed by atoms with Gasteiger partial charge in [0.15, 0.2) is 0 Å². The van der Waals surface area contributed by atoms with Crippen molar-refractivity contribution >= 4 is 86.8 Å². The van der Waals surface area contributed by atoms with Crippen LogP contribution in [0.5, 0.6) is 0 Å². The van der Waals surface area contributed by atoms with Crippen LogP contribution < -0.4 is 10.5 Å². The van der Waals surface area contributed by atoms with E-state index in [1.807, 2.05) is 57.2 Å². The molecule has 0 spiro atoms. The monoisotopic (exact) mass is 818 g/mol. The Hall–Kier alpha value is -0.480. The fourth-order valence-corrected chi connectivity index (χ4v) is 6.96. The van der Waals surface area contributed by atoms with E-state index in [-0.39, 0.29) is 27.4 Å². The van der Waals surface area contributed by atoms with E-state index in [2.05, 4.69) is 68.3 Å². The summed E-state index contributed by atoms with van der Waals surface area (Å²) in [5.41, 5.74) is 4.97. The van der Waals surface area contributed by atoms with Gasteiger partial charge in [-0.1, -0.05) is 68.3 Å². The summed E-state index contributed by atoms with van der Waals surface area (Å²) in [7, 11) is 4.22. The van der Waals surface area contributed by atoms with Gasteiger partial charge in [0.1, 0.15) is 16.3 Å². The molecule has 0 fully saturated rings. The predicted octanol–water partition coefficient (Wildman–Crippen LogP) is 8.48. The molecule has 2 atom stereocenters. The minimum absolute atomic E-state index is 0. The molecule has 3 N–H and O–H groups in total. The zero-order valence-corrected chi connectivity index (χ0v) is 30.9. The van der Waals surface area contributed by atoms with Crippen molar-refractivity contribution in [2.75, 3.05) is 13.1 Å². The molecule has 0 amide bonds. The van der Waals surface area contributed by atoms with Crippen LogP contribution in [0, 0.1) is 0 Å². The van der Waals surface area contributed by atoms with Crippen molar-refractivity contribution in [3.05, 3.63) is 57.9 Å². The molecule has 0 bridgehead atoms. The topological polar surface area (TPSA) is 96.9 Å². The van der Waals surface area contributed by atoms with Crippen LogP contribution in [0.15, 0.2) is 62.3 Å². The minimum atomic E-state index is -4.00. The molecule has 6 nitrogen and oxygen atoms in total. The van der Waals surface area contributed by atoms with E-state index in [1.165, 1.54) is 17.8 Å². The van der Waals surface area contributed by atoms with Crippen LogP contribution in [0.3, 0.4) is 0 Å².